The van der Waals surface area contributed by atoms with Crippen molar-refractivity contribution in [1.29, 1.82) is 0 Å². The van der Waals surface area contributed by atoms with Crippen LogP contribution in [0.2, 0.25) is 0 Å². The fourth-order valence-corrected chi connectivity index (χ4v) is 3.98. The third kappa shape index (κ3) is 4.38. The van der Waals surface area contributed by atoms with Crippen molar-refractivity contribution in [2.24, 2.45) is 0 Å². The van der Waals surface area contributed by atoms with Crippen molar-refractivity contribution in [3.05, 3.63) is 40.2 Å². The Morgan fingerprint density at radius 2 is 1.75 bits per heavy atom. The first-order valence-electron chi connectivity index (χ1n) is 10.4. The molecule has 0 atom stereocenters. The highest BCUT2D eigenvalue weighted by molar-refractivity contribution is 6.02. The first kappa shape index (κ1) is 22.0. The van der Waals surface area contributed by atoms with Crippen molar-refractivity contribution in [3.63, 3.8) is 0 Å². The van der Waals surface area contributed by atoms with Gasteiger partial charge >= 0.3 is 0 Å². The summed E-state index contributed by atoms with van der Waals surface area (Å²) < 4.78 is 2.51. The smallest absolute Gasteiger partial charge is 0.267 e. The van der Waals surface area contributed by atoms with Gasteiger partial charge in [0.2, 0.25) is 0 Å². The Labute approximate surface area is 167 Å². The molecule has 0 spiro atoms. The summed E-state index contributed by atoms with van der Waals surface area (Å²) in [5.41, 5.74) is 0.0589. The predicted molar refractivity (Wildman–Crippen MR) is 114 cm³/mol. The van der Waals surface area contributed by atoms with Crippen LogP contribution in [0.15, 0.2) is 29.1 Å². The number of carbonyl (C=O) groups excluding carboxylic acids is 1. The Kier molecular flexibility index (Phi) is 7.63. The lowest BCUT2D eigenvalue weighted by Crippen LogP contribution is -2.52. The van der Waals surface area contributed by atoms with Crippen LogP contribution in [0.3, 0.4) is 0 Å². The maximum absolute atomic E-state index is 12.9. The maximum atomic E-state index is 12.9. The van der Waals surface area contributed by atoms with Gasteiger partial charge < -0.3 is 19.5 Å². The Balaban J connectivity index is 2.32. The first-order chi connectivity index (χ1) is 13.4. The van der Waals surface area contributed by atoms with Crippen LogP contribution >= 0.6 is 0 Å². The molecule has 0 radical (unpaired) electrons. The summed E-state index contributed by atoms with van der Waals surface area (Å²) in [5.74, 6) is -0.731. The van der Waals surface area contributed by atoms with Crippen LogP contribution in [0.4, 0.5) is 0 Å². The quantitative estimate of drug-likeness (QED) is 0.615. The summed E-state index contributed by atoms with van der Waals surface area (Å²) in [6.45, 7) is 13.3. The van der Waals surface area contributed by atoms with Gasteiger partial charge in [-0.2, -0.15) is 0 Å². The summed E-state index contributed by atoms with van der Waals surface area (Å²) in [7, 11) is 0. The minimum absolute atomic E-state index is 0.159. The molecule has 0 unspecified atom stereocenters. The van der Waals surface area contributed by atoms with E-state index in [1.165, 1.54) is 0 Å². The lowest BCUT2D eigenvalue weighted by molar-refractivity contribution is -0.923. The number of hydrogen-bond donors (Lipinski definition) is 2. The van der Waals surface area contributed by atoms with Gasteiger partial charge in [0, 0.05) is 11.9 Å². The Morgan fingerprint density at radius 3 is 2.36 bits per heavy atom. The molecule has 154 valence electrons. The van der Waals surface area contributed by atoms with E-state index in [4.69, 9.17) is 0 Å². The van der Waals surface area contributed by atoms with E-state index in [1.54, 1.807) is 22.8 Å². The van der Waals surface area contributed by atoms with Crippen molar-refractivity contribution in [2.45, 2.75) is 47.1 Å². The second-order valence-electron chi connectivity index (χ2n) is 7.37. The highest BCUT2D eigenvalue weighted by Gasteiger charge is 2.24. The zero-order chi connectivity index (χ0) is 20.7. The third-order valence-electron chi connectivity index (χ3n) is 5.73. The summed E-state index contributed by atoms with van der Waals surface area (Å²) in [5, 5.41) is 14.0. The number of carbonyl (C=O) groups is 1. The Hall–Kier alpha value is -2.34. The highest BCUT2D eigenvalue weighted by Crippen LogP contribution is 2.26. The topological polar surface area (TPSA) is 71.3 Å². The molecule has 2 N–H and O–H groups in total. The largest absolute Gasteiger partial charge is 0.506 e. The molecule has 0 saturated carbocycles. The SMILES string of the molecule is CCCn1c(=O)c(C(=O)NCC[N+](CC)(CC)CCC)c(O)c2ccccc21. The average Bonchev–Trinajstić information content (AvgIpc) is 2.70. The van der Waals surface area contributed by atoms with E-state index >= 15 is 0 Å². The normalized spacial score (nSPS) is 11.7. The molecule has 2 rings (SSSR count). The number of likely N-dealkylation sites (N-methyl/N-ethyl adjacent to an activating group) is 1. The summed E-state index contributed by atoms with van der Waals surface area (Å²) in [6, 6.07) is 7.16. The van der Waals surface area contributed by atoms with Gasteiger partial charge in [-0.1, -0.05) is 26.0 Å². The molecule has 1 amide bonds. The molecule has 0 aliphatic heterocycles. The number of rotatable bonds is 10. The van der Waals surface area contributed by atoms with Crippen molar-refractivity contribution in [3.8, 4) is 5.75 Å². The van der Waals surface area contributed by atoms with Gasteiger partial charge in [-0.05, 0) is 38.8 Å². The number of nitrogens with one attached hydrogen (secondary N) is 1. The zero-order valence-electron chi connectivity index (χ0n) is 17.6. The number of para-hydroxylation sites is 1. The van der Waals surface area contributed by atoms with Gasteiger partial charge in [0.05, 0.1) is 38.2 Å². The zero-order valence-corrected chi connectivity index (χ0v) is 17.6. The number of aryl methyl sites for hydroxylation is 1. The van der Waals surface area contributed by atoms with E-state index in [1.807, 2.05) is 13.0 Å². The van der Waals surface area contributed by atoms with Gasteiger partial charge in [-0.25, -0.2) is 0 Å². The number of aromatic nitrogens is 1. The number of quaternary nitrogens is 1. The average molecular weight is 389 g/mol. The number of aromatic hydroxyl groups is 1. The standard InChI is InChI=1S/C22H33N3O3/c1-5-14-24-18-12-10-9-11-17(18)20(26)19(22(24)28)21(27)23-13-16-25(7-3,8-4)15-6-2/h9-12H,5-8,13-16H2,1-4H3,(H-,23,26,27,28)/p+1. The van der Waals surface area contributed by atoms with Crippen LogP contribution in [0, 0.1) is 0 Å². The van der Waals surface area contributed by atoms with Crippen LogP contribution in [-0.2, 0) is 6.54 Å². The predicted octanol–water partition coefficient (Wildman–Crippen LogP) is 3.11. The highest BCUT2D eigenvalue weighted by atomic mass is 16.3. The number of amides is 1. The number of nitrogens with zero attached hydrogens (tertiary/aromatic N) is 2. The number of hydrogen-bond acceptors (Lipinski definition) is 3. The monoisotopic (exact) mass is 388 g/mol. The molecule has 0 bridgehead atoms. The molecule has 0 aliphatic carbocycles. The maximum Gasteiger partial charge on any atom is 0.267 e. The van der Waals surface area contributed by atoms with E-state index < -0.39 is 11.5 Å². The fourth-order valence-electron chi connectivity index (χ4n) is 3.98. The molecule has 0 aliphatic rings. The summed E-state index contributed by atoms with van der Waals surface area (Å²) in [4.78, 5) is 25.8. The lowest BCUT2D eigenvalue weighted by Gasteiger charge is -2.36. The molecular weight excluding hydrogens is 354 g/mol. The molecule has 0 saturated heterocycles. The molecule has 6 heteroatoms. The van der Waals surface area contributed by atoms with Crippen molar-refractivity contribution < 1.29 is 14.4 Å². The number of pyridine rings is 1. The fraction of sp³-hybridized carbons (Fsp3) is 0.545. The van der Waals surface area contributed by atoms with Crippen LogP contribution in [0.1, 0.15) is 50.9 Å². The molecule has 2 aromatic rings. The van der Waals surface area contributed by atoms with E-state index in [9.17, 15) is 14.7 Å². The minimum atomic E-state index is -0.500. The van der Waals surface area contributed by atoms with Gasteiger partial charge in [0.25, 0.3) is 11.5 Å². The van der Waals surface area contributed by atoms with E-state index in [-0.39, 0.29) is 11.3 Å². The van der Waals surface area contributed by atoms with Gasteiger partial charge in [0.15, 0.2) is 0 Å². The minimum Gasteiger partial charge on any atom is -0.506 e. The van der Waals surface area contributed by atoms with Crippen LogP contribution in [0.25, 0.3) is 10.9 Å². The third-order valence-corrected chi connectivity index (χ3v) is 5.73. The molecule has 1 heterocycles. The molecule has 0 fully saturated rings. The van der Waals surface area contributed by atoms with Crippen molar-refractivity contribution >= 4 is 16.8 Å². The Bertz CT molecular complexity index is 869. The van der Waals surface area contributed by atoms with E-state index in [2.05, 4.69) is 26.1 Å². The second kappa shape index (κ2) is 9.73. The van der Waals surface area contributed by atoms with E-state index in [0.717, 1.165) is 43.5 Å². The summed E-state index contributed by atoms with van der Waals surface area (Å²) in [6.07, 6.45) is 1.85. The van der Waals surface area contributed by atoms with Gasteiger partial charge in [0.1, 0.15) is 11.3 Å². The Morgan fingerprint density at radius 1 is 1.07 bits per heavy atom. The van der Waals surface area contributed by atoms with E-state index in [0.29, 0.717) is 24.0 Å². The molecular formula is C22H34N3O3+. The molecule has 1 aromatic heterocycles. The van der Waals surface area contributed by atoms with Crippen molar-refractivity contribution in [2.75, 3.05) is 32.7 Å². The molecule has 1 aromatic carbocycles. The lowest BCUT2D eigenvalue weighted by atomic mass is 10.1. The second-order valence-corrected chi connectivity index (χ2v) is 7.37. The summed E-state index contributed by atoms with van der Waals surface area (Å²) >= 11 is 0. The van der Waals surface area contributed by atoms with Crippen LogP contribution < -0.4 is 10.9 Å². The van der Waals surface area contributed by atoms with Gasteiger partial charge in [-0.3, -0.25) is 9.59 Å². The number of fused-ring (bicyclic) bond motifs is 1. The molecule has 6 nitrogen and oxygen atoms in total. The first-order valence-corrected chi connectivity index (χ1v) is 10.4. The van der Waals surface area contributed by atoms with Crippen molar-refractivity contribution in [1.82, 2.24) is 9.88 Å². The van der Waals surface area contributed by atoms with Crippen LogP contribution in [-0.4, -0.2) is 52.8 Å². The number of benzene rings is 1. The van der Waals surface area contributed by atoms with Gasteiger partial charge in [-0.15, -0.1) is 0 Å². The van der Waals surface area contributed by atoms with Crippen LogP contribution in [0.5, 0.6) is 5.75 Å². The molecule has 28 heavy (non-hydrogen) atoms.